The number of nitrogens with zero attached hydrogens (tertiary/aromatic N) is 3. The molecule has 116 valence electrons. The minimum absolute atomic E-state index is 0.00856. The number of aromatic nitrogens is 2. The summed E-state index contributed by atoms with van der Waals surface area (Å²) >= 11 is 1.33. The van der Waals surface area contributed by atoms with E-state index in [2.05, 4.69) is 15.5 Å². The van der Waals surface area contributed by atoms with E-state index in [1.54, 1.807) is 11.9 Å². The number of hydrogen-bond acceptors (Lipinski definition) is 5. The number of anilines is 2. The zero-order valence-electron chi connectivity index (χ0n) is 12.6. The van der Waals surface area contributed by atoms with Crippen molar-refractivity contribution < 1.29 is 9.59 Å². The summed E-state index contributed by atoms with van der Waals surface area (Å²) in [5, 5.41) is 11.6. The lowest BCUT2D eigenvalue weighted by atomic mass is 10.2. The van der Waals surface area contributed by atoms with Crippen LogP contribution in [0.3, 0.4) is 0 Å². The number of nitrogens with one attached hydrogen (secondary N) is 1. The van der Waals surface area contributed by atoms with Crippen molar-refractivity contribution in [2.75, 3.05) is 17.3 Å². The molecule has 2 rings (SSSR count). The molecule has 0 atom stereocenters. The molecule has 0 unspecified atom stereocenters. The fourth-order valence-corrected chi connectivity index (χ4v) is 2.50. The van der Waals surface area contributed by atoms with Crippen LogP contribution in [0.4, 0.5) is 10.8 Å². The summed E-state index contributed by atoms with van der Waals surface area (Å²) in [5.74, 6) is -0.155. The average molecular weight is 318 g/mol. The summed E-state index contributed by atoms with van der Waals surface area (Å²) in [6.07, 6.45) is 1.11. The van der Waals surface area contributed by atoms with Crippen LogP contribution in [0.5, 0.6) is 0 Å². The first kappa shape index (κ1) is 16.1. The Labute approximate surface area is 133 Å². The lowest BCUT2D eigenvalue weighted by Gasteiger charge is -2.16. The number of para-hydroxylation sites is 1. The Kier molecular flexibility index (Phi) is 5.60. The van der Waals surface area contributed by atoms with E-state index in [0.717, 1.165) is 10.7 Å². The highest BCUT2D eigenvalue weighted by atomic mass is 32.1. The van der Waals surface area contributed by atoms with E-state index in [-0.39, 0.29) is 18.2 Å². The largest absolute Gasteiger partial charge is 0.316 e. The van der Waals surface area contributed by atoms with Gasteiger partial charge in [-0.15, -0.1) is 10.2 Å². The Morgan fingerprint density at radius 3 is 2.55 bits per heavy atom. The van der Waals surface area contributed by atoms with Crippen molar-refractivity contribution in [3.63, 3.8) is 0 Å². The SMILES string of the molecule is Cc1nnc(NC(=O)CCCC(=O)N(C)c2ccccc2)s1. The van der Waals surface area contributed by atoms with Crippen LogP contribution in [0.15, 0.2) is 30.3 Å². The van der Waals surface area contributed by atoms with E-state index >= 15 is 0 Å². The van der Waals surface area contributed by atoms with Gasteiger partial charge in [-0.25, -0.2) is 0 Å². The molecule has 1 N–H and O–H groups in total. The Hall–Kier alpha value is -2.28. The number of rotatable bonds is 6. The van der Waals surface area contributed by atoms with Crippen molar-refractivity contribution in [1.29, 1.82) is 0 Å². The summed E-state index contributed by atoms with van der Waals surface area (Å²) in [4.78, 5) is 25.4. The van der Waals surface area contributed by atoms with Crippen LogP contribution in [-0.4, -0.2) is 29.1 Å². The van der Waals surface area contributed by atoms with Gasteiger partial charge in [-0.3, -0.25) is 9.59 Å². The summed E-state index contributed by atoms with van der Waals surface area (Å²) in [7, 11) is 1.74. The first-order valence-corrected chi connectivity index (χ1v) is 7.79. The molecule has 0 bridgehead atoms. The maximum Gasteiger partial charge on any atom is 0.226 e. The third-order valence-corrected chi connectivity index (χ3v) is 3.84. The van der Waals surface area contributed by atoms with Gasteiger partial charge in [0.05, 0.1) is 0 Å². The van der Waals surface area contributed by atoms with Gasteiger partial charge in [-0.1, -0.05) is 29.5 Å². The molecule has 1 aromatic carbocycles. The van der Waals surface area contributed by atoms with Gasteiger partial charge < -0.3 is 10.2 Å². The van der Waals surface area contributed by atoms with Crippen molar-refractivity contribution >= 4 is 34.0 Å². The van der Waals surface area contributed by atoms with E-state index in [4.69, 9.17) is 0 Å². The number of hydrogen-bond donors (Lipinski definition) is 1. The van der Waals surface area contributed by atoms with Gasteiger partial charge in [0.2, 0.25) is 16.9 Å². The molecular formula is C15H18N4O2S. The van der Waals surface area contributed by atoms with Crippen molar-refractivity contribution in [3.8, 4) is 0 Å². The molecule has 2 aromatic rings. The molecule has 6 nitrogen and oxygen atoms in total. The number of amides is 2. The number of carbonyl (C=O) groups excluding carboxylic acids is 2. The van der Waals surface area contributed by atoms with Gasteiger partial charge in [-0.05, 0) is 25.5 Å². The molecule has 7 heteroatoms. The minimum atomic E-state index is -0.147. The molecule has 0 radical (unpaired) electrons. The molecule has 0 aliphatic carbocycles. The van der Waals surface area contributed by atoms with Crippen LogP contribution < -0.4 is 10.2 Å². The van der Waals surface area contributed by atoms with E-state index in [0.29, 0.717) is 18.0 Å². The van der Waals surface area contributed by atoms with Crippen molar-refractivity contribution in [2.45, 2.75) is 26.2 Å². The Bertz CT molecular complexity index is 642. The molecule has 0 saturated heterocycles. The Balaban J connectivity index is 1.73. The number of aryl methyl sites for hydroxylation is 1. The van der Waals surface area contributed by atoms with Gasteiger partial charge >= 0.3 is 0 Å². The smallest absolute Gasteiger partial charge is 0.226 e. The Morgan fingerprint density at radius 2 is 1.91 bits per heavy atom. The standard InChI is InChI=1S/C15H18N4O2S/c1-11-17-18-15(22-11)16-13(20)9-6-10-14(21)19(2)12-7-4-3-5-8-12/h3-5,7-8H,6,9-10H2,1-2H3,(H,16,18,20). The predicted molar refractivity (Wildman–Crippen MR) is 87.0 cm³/mol. The molecule has 0 fully saturated rings. The molecule has 0 aliphatic heterocycles. The second kappa shape index (κ2) is 7.65. The van der Waals surface area contributed by atoms with Gasteiger partial charge in [-0.2, -0.15) is 0 Å². The molecule has 22 heavy (non-hydrogen) atoms. The van der Waals surface area contributed by atoms with Crippen LogP contribution in [0, 0.1) is 6.92 Å². The van der Waals surface area contributed by atoms with Crippen LogP contribution >= 0.6 is 11.3 Å². The molecule has 0 saturated carbocycles. The summed E-state index contributed by atoms with van der Waals surface area (Å²) < 4.78 is 0. The van der Waals surface area contributed by atoms with Gasteiger partial charge in [0, 0.05) is 25.6 Å². The zero-order chi connectivity index (χ0) is 15.9. The van der Waals surface area contributed by atoms with Crippen molar-refractivity contribution in [2.24, 2.45) is 0 Å². The number of carbonyl (C=O) groups is 2. The second-order valence-corrected chi connectivity index (χ2v) is 6.00. The molecular weight excluding hydrogens is 300 g/mol. The predicted octanol–water partition coefficient (Wildman–Crippen LogP) is 2.62. The lowest BCUT2D eigenvalue weighted by Crippen LogP contribution is -2.26. The first-order chi connectivity index (χ1) is 10.6. The van der Waals surface area contributed by atoms with Crippen LogP contribution in [-0.2, 0) is 9.59 Å². The van der Waals surface area contributed by atoms with E-state index < -0.39 is 0 Å². The lowest BCUT2D eigenvalue weighted by molar-refractivity contribution is -0.118. The van der Waals surface area contributed by atoms with Crippen LogP contribution in [0.1, 0.15) is 24.3 Å². The van der Waals surface area contributed by atoms with Crippen LogP contribution in [0.25, 0.3) is 0 Å². The van der Waals surface area contributed by atoms with Crippen molar-refractivity contribution in [1.82, 2.24) is 10.2 Å². The highest BCUT2D eigenvalue weighted by Gasteiger charge is 2.12. The maximum atomic E-state index is 12.1. The summed E-state index contributed by atoms with van der Waals surface area (Å²) in [5.41, 5.74) is 0.848. The molecule has 1 aromatic heterocycles. The van der Waals surface area contributed by atoms with E-state index in [1.807, 2.05) is 37.3 Å². The third-order valence-electron chi connectivity index (χ3n) is 3.08. The molecule has 0 spiro atoms. The van der Waals surface area contributed by atoms with Gasteiger partial charge in [0.1, 0.15) is 5.01 Å². The zero-order valence-corrected chi connectivity index (χ0v) is 13.4. The molecule has 2 amide bonds. The second-order valence-electron chi connectivity index (χ2n) is 4.82. The third kappa shape index (κ3) is 4.63. The Morgan fingerprint density at radius 1 is 1.18 bits per heavy atom. The molecule has 1 heterocycles. The number of benzene rings is 1. The topological polar surface area (TPSA) is 75.2 Å². The molecule has 0 aliphatic rings. The van der Waals surface area contributed by atoms with E-state index in [9.17, 15) is 9.59 Å². The monoisotopic (exact) mass is 318 g/mol. The fourth-order valence-electron chi connectivity index (χ4n) is 1.89. The van der Waals surface area contributed by atoms with Crippen molar-refractivity contribution in [3.05, 3.63) is 35.3 Å². The van der Waals surface area contributed by atoms with Gasteiger partial charge in [0.15, 0.2) is 0 Å². The average Bonchev–Trinajstić information content (AvgIpc) is 2.92. The minimum Gasteiger partial charge on any atom is -0.316 e. The summed E-state index contributed by atoms with van der Waals surface area (Å²) in [6, 6.07) is 9.43. The van der Waals surface area contributed by atoms with E-state index in [1.165, 1.54) is 11.3 Å². The highest BCUT2D eigenvalue weighted by Crippen LogP contribution is 2.15. The fraction of sp³-hybridized carbons (Fsp3) is 0.333. The normalized spacial score (nSPS) is 10.3. The summed E-state index contributed by atoms with van der Waals surface area (Å²) in [6.45, 7) is 1.82. The first-order valence-electron chi connectivity index (χ1n) is 6.98. The highest BCUT2D eigenvalue weighted by molar-refractivity contribution is 7.15. The quantitative estimate of drug-likeness (QED) is 0.888. The van der Waals surface area contributed by atoms with Crippen LogP contribution in [0.2, 0.25) is 0 Å². The van der Waals surface area contributed by atoms with Gasteiger partial charge in [0.25, 0.3) is 0 Å². The maximum absolute atomic E-state index is 12.1.